The maximum atomic E-state index is 11.6. The van der Waals surface area contributed by atoms with Gasteiger partial charge in [-0.2, -0.15) is 0 Å². The maximum absolute atomic E-state index is 11.6. The fourth-order valence-electron chi connectivity index (χ4n) is 1.06. The van der Waals surface area contributed by atoms with Crippen LogP contribution in [0.2, 0.25) is 0 Å². The second-order valence-corrected chi connectivity index (χ2v) is 5.65. The first kappa shape index (κ1) is 12.7. The monoisotopic (exact) mass is 290 g/mol. The molecule has 3 nitrogen and oxygen atoms in total. The third-order valence-corrected chi connectivity index (χ3v) is 3.90. The third-order valence-electron chi connectivity index (χ3n) is 1.82. The lowest BCUT2D eigenvalue weighted by Gasteiger charge is -2.13. The Labute approximate surface area is 97.4 Å². The molecule has 5 heteroatoms. The van der Waals surface area contributed by atoms with Gasteiger partial charge in [0.1, 0.15) is 0 Å². The lowest BCUT2D eigenvalue weighted by Crippen LogP contribution is -1.91. The molecule has 0 saturated heterocycles. The van der Waals surface area contributed by atoms with Crippen LogP contribution in [0.1, 0.15) is 12.5 Å². The molecule has 0 radical (unpaired) electrons. The molecular formula is C10H12BrO3P. The van der Waals surface area contributed by atoms with Crippen LogP contribution in [0.5, 0.6) is 0 Å². The fraction of sp³-hybridized carbons (Fsp3) is 0.200. The van der Waals surface area contributed by atoms with Gasteiger partial charge in [-0.05, 0) is 24.6 Å². The predicted octanol–water partition coefficient (Wildman–Crippen LogP) is 3.64. The molecule has 0 aliphatic rings. The number of halogens is 1. The van der Waals surface area contributed by atoms with Crippen LogP contribution in [-0.4, -0.2) is 11.5 Å². The van der Waals surface area contributed by atoms with Crippen molar-refractivity contribution in [2.24, 2.45) is 0 Å². The van der Waals surface area contributed by atoms with E-state index < -0.39 is 7.60 Å². The van der Waals surface area contributed by atoms with Crippen LogP contribution >= 0.6 is 23.5 Å². The molecule has 1 atom stereocenters. The van der Waals surface area contributed by atoms with Crippen molar-refractivity contribution in [3.8, 4) is 0 Å². The minimum Gasteiger partial charge on any atom is -0.321 e. The number of hydrogen-bond donors (Lipinski definition) is 1. The minimum atomic E-state index is -3.73. The van der Waals surface area contributed by atoms with Gasteiger partial charge in [0.15, 0.2) is 0 Å². The van der Waals surface area contributed by atoms with Crippen molar-refractivity contribution in [1.82, 2.24) is 0 Å². The molecular weight excluding hydrogens is 279 g/mol. The smallest absolute Gasteiger partial charge is 0.321 e. The molecule has 0 spiro atoms. The molecule has 0 bridgehead atoms. The number of rotatable bonds is 4. The van der Waals surface area contributed by atoms with E-state index in [1.54, 1.807) is 31.2 Å². The quantitative estimate of drug-likeness (QED) is 0.861. The molecule has 0 amide bonds. The van der Waals surface area contributed by atoms with Crippen molar-refractivity contribution >= 4 is 28.8 Å². The molecule has 0 saturated carbocycles. The summed E-state index contributed by atoms with van der Waals surface area (Å²) < 4.78 is 17.3. The number of hydrogen-bond acceptors (Lipinski definition) is 2. The maximum Gasteiger partial charge on any atom is 0.358 e. The second-order valence-electron chi connectivity index (χ2n) is 2.89. The Morgan fingerprint density at radius 2 is 2.07 bits per heavy atom. The molecule has 1 unspecified atom stereocenters. The first-order valence-electron chi connectivity index (χ1n) is 4.40. The highest BCUT2D eigenvalue weighted by Gasteiger charge is 2.24. The van der Waals surface area contributed by atoms with E-state index in [2.05, 4.69) is 22.5 Å². The summed E-state index contributed by atoms with van der Waals surface area (Å²) in [5.41, 5.74) is 0.609. The SMILES string of the molecule is C=C(c1ccc(Br)cc1)P(=O)(O)OCC. The Morgan fingerprint density at radius 1 is 1.53 bits per heavy atom. The van der Waals surface area contributed by atoms with Gasteiger partial charge in [0, 0.05) is 4.47 Å². The zero-order chi connectivity index (χ0) is 11.5. The lowest BCUT2D eigenvalue weighted by atomic mass is 10.2. The van der Waals surface area contributed by atoms with Crippen LogP contribution in [0.15, 0.2) is 35.3 Å². The summed E-state index contributed by atoms with van der Waals surface area (Å²) in [5, 5.41) is 0.122. The van der Waals surface area contributed by atoms with Crippen LogP contribution in [0.4, 0.5) is 0 Å². The summed E-state index contributed by atoms with van der Waals surface area (Å²) in [6, 6.07) is 7.00. The predicted molar refractivity (Wildman–Crippen MR) is 64.6 cm³/mol. The van der Waals surface area contributed by atoms with Crippen LogP contribution in [0.3, 0.4) is 0 Å². The Kier molecular flexibility index (Phi) is 4.29. The van der Waals surface area contributed by atoms with Gasteiger partial charge < -0.3 is 9.42 Å². The highest BCUT2D eigenvalue weighted by molar-refractivity contribution is 9.10. The Balaban J connectivity index is 2.94. The molecule has 1 N–H and O–H groups in total. The van der Waals surface area contributed by atoms with Crippen LogP contribution in [0, 0.1) is 0 Å². The van der Waals surface area contributed by atoms with Crippen LogP contribution in [-0.2, 0) is 9.09 Å². The van der Waals surface area contributed by atoms with Crippen LogP contribution in [0.25, 0.3) is 5.31 Å². The average molecular weight is 291 g/mol. The van der Waals surface area contributed by atoms with Crippen molar-refractivity contribution < 1.29 is 14.0 Å². The van der Waals surface area contributed by atoms with Gasteiger partial charge in [0.25, 0.3) is 0 Å². The Hall–Kier alpha value is -0.410. The summed E-state index contributed by atoms with van der Waals surface area (Å²) in [6.45, 7) is 5.44. The zero-order valence-corrected chi connectivity index (χ0v) is 10.8. The highest BCUT2D eigenvalue weighted by Crippen LogP contribution is 2.54. The molecule has 1 aromatic carbocycles. The molecule has 0 aromatic heterocycles. The molecule has 0 heterocycles. The van der Waals surface area contributed by atoms with E-state index in [4.69, 9.17) is 4.52 Å². The summed E-state index contributed by atoms with van der Waals surface area (Å²) >= 11 is 3.28. The second kappa shape index (κ2) is 5.08. The first-order chi connectivity index (χ1) is 6.97. The lowest BCUT2D eigenvalue weighted by molar-refractivity contribution is 0.285. The summed E-state index contributed by atoms with van der Waals surface area (Å²) in [5.74, 6) is 0. The molecule has 0 aliphatic carbocycles. The van der Waals surface area contributed by atoms with E-state index in [1.807, 2.05) is 0 Å². The van der Waals surface area contributed by atoms with Crippen molar-refractivity contribution in [1.29, 1.82) is 0 Å². The van der Waals surface area contributed by atoms with Crippen molar-refractivity contribution in [2.45, 2.75) is 6.92 Å². The summed E-state index contributed by atoms with van der Waals surface area (Å²) in [6.07, 6.45) is 0. The van der Waals surface area contributed by atoms with Crippen LogP contribution < -0.4 is 0 Å². The first-order valence-corrected chi connectivity index (χ1v) is 6.77. The fourth-order valence-corrected chi connectivity index (χ4v) is 2.30. The number of benzene rings is 1. The summed E-state index contributed by atoms with van der Waals surface area (Å²) in [4.78, 5) is 9.53. The van der Waals surface area contributed by atoms with E-state index in [9.17, 15) is 9.46 Å². The van der Waals surface area contributed by atoms with Gasteiger partial charge in [-0.3, -0.25) is 4.57 Å². The largest absolute Gasteiger partial charge is 0.358 e. The standard InChI is InChI=1S/C10H12BrO3P/c1-3-14-15(12,13)8(2)9-4-6-10(11)7-5-9/h4-7H,2-3H2,1H3,(H,12,13). The molecule has 0 aliphatic heterocycles. The normalized spacial score (nSPS) is 14.6. The average Bonchev–Trinajstić information content (AvgIpc) is 2.18. The van der Waals surface area contributed by atoms with Crippen molar-refractivity contribution in [3.05, 3.63) is 40.9 Å². The topological polar surface area (TPSA) is 46.5 Å². The minimum absolute atomic E-state index is 0.122. The van der Waals surface area contributed by atoms with Gasteiger partial charge in [-0.15, -0.1) is 0 Å². The molecule has 0 fully saturated rings. The van der Waals surface area contributed by atoms with Crippen molar-refractivity contribution in [3.63, 3.8) is 0 Å². The van der Waals surface area contributed by atoms with Gasteiger partial charge >= 0.3 is 7.60 Å². The van der Waals surface area contributed by atoms with Gasteiger partial charge in [-0.1, -0.05) is 34.6 Å². The molecule has 82 valence electrons. The van der Waals surface area contributed by atoms with E-state index in [-0.39, 0.29) is 11.9 Å². The van der Waals surface area contributed by atoms with E-state index in [0.29, 0.717) is 5.56 Å². The Morgan fingerprint density at radius 3 is 2.53 bits per heavy atom. The van der Waals surface area contributed by atoms with E-state index >= 15 is 0 Å². The highest BCUT2D eigenvalue weighted by atomic mass is 79.9. The van der Waals surface area contributed by atoms with Gasteiger partial charge in [0.2, 0.25) is 0 Å². The third kappa shape index (κ3) is 3.28. The van der Waals surface area contributed by atoms with E-state index in [0.717, 1.165) is 4.47 Å². The van der Waals surface area contributed by atoms with Gasteiger partial charge in [0.05, 0.1) is 11.9 Å². The zero-order valence-electron chi connectivity index (χ0n) is 8.31. The molecule has 15 heavy (non-hydrogen) atoms. The van der Waals surface area contributed by atoms with E-state index in [1.165, 1.54) is 0 Å². The van der Waals surface area contributed by atoms with Crippen molar-refractivity contribution in [2.75, 3.05) is 6.61 Å². The molecule has 1 rings (SSSR count). The van der Waals surface area contributed by atoms with Gasteiger partial charge in [-0.25, -0.2) is 0 Å². The molecule has 1 aromatic rings. The summed E-state index contributed by atoms with van der Waals surface area (Å²) in [7, 11) is -3.73. The Bertz CT molecular complexity index is 400.